The summed E-state index contributed by atoms with van der Waals surface area (Å²) in [6, 6.07) is 0. The highest BCUT2D eigenvalue weighted by Crippen LogP contribution is 2.36. The van der Waals surface area contributed by atoms with Crippen LogP contribution in [-0.4, -0.2) is 21.3 Å². The highest BCUT2D eigenvalue weighted by Gasteiger charge is 2.34. The molecular weight excluding hydrogens is 222 g/mol. The van der Waals surface area contributed by atoms with Gasteiger partial charge in [0.15, 0.2) is 0 Å². The molecule has 0 unspecified atom stereocenters. The quantitative estimate of drug-likeness (QED) is 0.759. The number of aromatic nitrogens is 2. The minimum Gasteiger partial charge on any atom is -0.478 e. The number of carboxylic acids is 1. The van der Waals surface area contributed by atoms with E-state index in [9.17, 15) is 9.18 Å². The monoisotopic (exact) mass is 226 g/mol. The van der Waals surface area contributed by atoms with Crippen molar-refractivity contribution in [3.05, 3.63) is 17.0 Å². The maximum atomic E-state index is 13.0. The molecule has 0 aliphatic heterocycles. The van der Waals surface area contributed by atoms with Crippen molar-refractivity contribution in [1.29, 1.82) is 0 Å². The first kappa shape index (κ1) is 10.3. The van der Waals surface area contributed by atoms with Gasteiger partial charge in [0.05, 0.1) is 5.69 Å². The summed E-state index contributed by atoms with van der Waals surface area (Å²) in [5.74, 6) is -1.33. The van der Waals surface area contributed by atoms with Gasteiger partial charge in [-0.25, -0.2) is 9.18 Å². The molecule has 0 aromatic carbocycles. The number of carboxylic acid groups (broad SMARTS) is 1. The number of nitrogens with one attached hydrogen (secondary N) is 1. The Balaban J connectivity index is 3.31. The second kappa shape index (κ2) is 3.16. The van der Waals surface area contributed by atoms with Crippen LogP contribution >= 0.6 is 23.2 Å². The van der Waals surface area contributed by atoms with Gasteiger partial charge in [0, 0.05) is 0 Å². The molecule has 0 amide bonds. The van der Waals surface area contributed by atoms with E-state index in [4.69, 9.17) is 28.3 Å². The Bertz CT molecular complexity index is 345. The van der Waals surface area contributed by atoms with Gasteiger partial charge in [-0.15, -0.1) is 0 Å². The molecule has 1 aromatic heterocycles. The van der Waals surface area contributed by atoms with Crippen LogP contribution in [0.2, 0.25) is 0 Å². The molecule has 72 valence electrons. The van der Waals surface area contributed by atoms with Crippen LogP contribution in [0.3, 0.4) is 0 Å². The Morgan fingerprint density at radius 2 is 2.23 bits per heavy atom. The van der Waals surface area contributed by atoms with Gasteiger partial charge in [0.1, 0.15) is 11.3 Å². The average molecular weight is 227 g/mol. The van der Waals surface area contributed by atoms with E-state index in [2.05, 4.69) is 10.2 Å². The summed E-state index contributed by atoms with van der Waals surface area (Å²) in [4.78, 5) is 10.6. The molecule has 4 nitrogen and oxygen atoms in total. The number of aryl methyl sites for hydroxylation is 1. The number of hydrogen-bond donors (Lipinski definition) is 2. The number of halogens is 3. The first-order chi connectivity index (χ1) is 5.84. The fourth-order valence-corrected chi connectivity index (χ4v) is 1.17. The minimum absolute atomic E-state index is 0.130. The van der Waals surface area contributed by atoms with Crippen LogP contribution in [0.1, 0.15) is 21.7 Å². The topological polar surface area (TPSA) is 66.0 Å². The van der Waals surface area contributed by atoms with Gasteiger partial charge < -0.3 is 5.11 Å². The van der Waals surface area contributed by atoms with E-state index in [0.717, 1.165) is 0 Å². The van der Waals surface area contributed by atoms with Gasteiger partial charge in [-0.3, -0.25) is 5.10 Å². The lowest BCUT2D eigenvalue weighted by molar-refractivity contribution is 0.0693. The number of aromatic carboxylic acids is 1. The Kier molecular flexibility index (Phi) is 2.49. The second-order valence-electron chi connectivity index (χ2n) is 2.36. The van der Waals surface area contributed by atoms with Crippen molar-refractivity contribution in [3.8, 4) is 0 Å². The lowest BCUT2D eigenvalue weighted by atomic mass is 10.2. The third-order valence-electron chi connectivity index (χ3n) is 1.44. The number of nitrogens with zero attached hydrogens (tertiary/aromatic N) is 1. The van der Waals surface area contributed by atoms with Crippen molar-refractivity contribution >= 4 is 29.2 Å². The third kappa shape index (κ3) is 1.92. The van der Waals surface area contributed by atoms with Gasteiger partial charge in [0.25, 0.3) is 4.59 Å². The summed E-state index contributed by atoms with van der Waals surface area (Å²) in [5, 5.41) is 14.3. The maximum Gasteiger partial charge on any atom is 0.339 e. The number of aromatic amines is 1. The fraction of sp³-hybridized carbons (Fsp3) is 0.333. The largest absolute Gasteiger partial charge is 0.478 e. The normalized spacial score (nSPS) is 11.7. The van der Waals surface area contributed by atoms with Crippen LogP contribution in [0.15, 0.2) is 0 Å². The summed E-state index contributed by atoms with van der Waals surface area (Å²) in [6.45, 7) is 1.41. The number of hydrogen-bond acceptors (Lipinski definition) is 2. The van der Waals surface area contributed by atoms with E-state index in [1.54, 1.807) is 0 Å². The second-order valence-corrected chi connectivity index (χ2v) is 3.60. The summed E-state index contributed by atoms with van der Waals surface area (Å²) >= 11 is 10.2. The van der Waals surface area contributed by atoms with Crippen LogP contribution in [0.4, 0.5) is 4.39 Å². The molecule has 0 radical (unpaired) electrons. The average Bonchev–Trinajstić information content (AvgIpc) is 2.28. The van der Waals surface area contributed by atoms with Crippen molar-refractivity contribution in [2.75, 3.05) is 0 Å². The van der Waals surface area contributed by atoms with Gasteiger partial charge >= 0.3 is 5.97 Å². The molecule has 1 heterocycles. The molecular formula is C6H5Cl2FN2O2. The number of H-pyrrole nitrogens is 1. The molecule has 0 bridgehead atoms. The maximum absolute atomic E-state index is 13.0. The van der Waals surface area contributed by atoms with E-state index < -0.39 is 16.3 Å². The standard InChI is InChI=1S/C6H5Cl2FN2O2/c1-2-3(5(12)13)4(11-10-2)6(7,8)9/h1H3,(H,10,11)(H,12,13). The zero-order valence-corrected chi connectivity index (χ0v) is 7.95. The predicted octanol–water partition coefficient (Wildman–Crippen LogP) is 1.97. The molecule has 2 N–H and O–H groups in total. The molecule has 0 saturated carbocycles. The lowest BCUT2D eigenvalue weighted by Crippen LogP contribution is -2.10. The van der Waals surface area contributed by atoms with Crippen LogP contribution in [0.25, 0.3) is 0 Å². The van der Waals surface area contributed by atoms with Crippen LogP contribution in [-0.2, 0) is 4.59 Å². The molecule has 13 heavy (non-hydrogen) atoms. The summed E-state index contributed by atoms with van der Waals surface area (Å²) in [6.07, 6.45) is 0. The first-order valence-corrected chi connectivity index (χ1v) is 3.95. The number of alkyl halides is 3. The lowest BCUT2D eigenvalue weighted by Gasteiger charge is -2.06. The zero-order chi connectivity index (χ0) is 10.2. The molecule has 1 aromatic rings. The Labute approximate surface area is 82.7 Å². The Hall–Kier alpha value is -0.810. The fourth-order valence-electron chi connectivity index (χ4n) is 0.899. The van der Waals surface area contributed by atoms with E-state index in [1.165, 1.54) is 6.92 Å². The van der Waals surface area contributed by atoms with Gasteiger partial charge in [0.2, 0.25) is 0 Å². The minimum atomic E-state index is -2.77. The molecule has 0 aliphatic rings. The van der Waals surface area contributed by atoms with E-state index in [0.29, 0.717) is 0 Å². The van der Waals surface area contributed by atoms with E-state index in [-0.39, 0.29) is 11.3 Å². The number of rotatable bonds is 2. The van der Waals surface area contributed by atoms with Gasteiger partial charge in [-0.05, 0) is 6.92 Å². The smallest absolute Gasteiger partial charge is 0.339 e. The van der Waals surface area contributed by atoms with Crippen molar-refractivity contribution in [1.82, 2.24) is 10.2 Å². The van der Waals surface area contributed by atoms with Crippen LogP contribution in [0, 0.1) is 6.92 Å². The van der Waals surface area contributed by atoms with Crippen molar-refractivity contribution in [3.63, 3.8) is 0 Å². The Morgan fingerprint density at radius 3 is 2.54 bits per heavy atom. The van der Waals surface area contributed by atoms with Crippen LogP contribution < -0.4 is 0 Å². The van der Waals surface area contributed by atoms with Gasteiger partial charge in [-0.2, -0.15) is 5.10 Å². The highest BCUT2D eigenvalue weighted by molar-refractivity contribution is 6.46. The molecule has 0 atom stereocenters. The number of carbonyl (C=O) groups is 1. The third-order valence-corrected chi connectivity index (χ3v) is 1.82. The van der Waals surface area contributed by atoms with Crippen molar-refractivity contribution < 1.29 is 14.3 Å². The molecule has 7 heteroatoms. The van der Waals surface area contributed by atoms with Gasteiger partial charge in [-0.1, -0.05) is 23.2 Å². The summed E-state index contributed by atoms with van der Waals surface area (Å²) in [5.41, 5.74) is -0.667. The summed E-state index contributed by atoms with van der Waals surface area (Å²) < 4.78 is 10.2. The Morgan fingerprint density at radius 1 is 1.69 bits per heavy atom. The van der Waals surface area contributed by atoms with Crippen molar-refractivity contribution in [2.24, 2.45) is 0 Å². The molecule has 0 fully saturated rings. The van der Waals surface area contributed by atoms with Crippen LogP contribution in [0.5, 0.6) is 0 Å². The van der Waals surface area contributed by atoms with E-state index >= 15 is 0 Å². The molecule has 0 spiro atoms. The molecule has 0 aliphatic carbocycles. The molecule has 0 saturated heterocycles. The predicted molar refractivity (Wildman–Crippen MR) is 44.8 cm³/mol. The van der Waals surface area contributed by atoms with Crippen molar-refractivity contribution in [2.45, 2.75) is 11.5 Å². The molecule has 1 rings (SSSR count). The zero-order valence-electron chi connectivity index (χ0n) is 6.44. The highest BCUT2D eigenvalue weighted by atomic mass is 35.5. The summed E-state index contributed by atoms with van der Waals surface area (Å²) in [7, 11) is 0. The first-order valence-electron chi connectivity index (χ1n) is 3.19. The van der Waals surface area contributed by atoms with E-state index in [1.807, 2.05) is 0 Å². The SMILES string of the molecule is Cc1n[nH]c(C(F)(Cl)Cl)c1C(=O)O.